The monoisotopic (exact) mass is 372 g/mol. The van der Waals surface area contributed by atoms with Crippen LogP contribution in [0.2, 0.25) is 0 Å². The van der Waals surface area contributed by atoms with E-state index in [1.165, 1.54) is 16.9 Å². The number of hydrogen-bond donors (Lipinski definition) is 1. The molecule has 0 saturated heterocycles. The molecule has 0 bridgehead atoms. The number of aryl methyl sites for hydroxylation is 1. The topological polar surface area (TPSA) is 51.1 Å². The molecule has 1 aromatic heterocycles. The molecule has 3 aromatic rings. The predicted molar refractivity (Wildman–Crippen MR) is 108 cm³/mol. The number of carbonyl (C=O) groups excluding carboxylic acids is 1. The molecule has 6 heteroatoms. The third-order valence-corrected chi connectivity index (χ3v) is 6.12. The van der Waals surface area contributed by atoms with E-state index >= 15 is 0 Å². The van der Waals surface area contributed by atoms with Gasteiger partial charge in [0.1, 0.15) is 0 Å². The Labute approximate surface area is 154 Å². The number of aromatic nitrogens is 1. The van der Waals surface area contributed by atoms with Crippen LogP contribution in [0.25, 0.3) is 10.2 Å². The van der Waals surface area contributed by atoms with Crippen LogP contribution in [0.4, 0.5) is 5.69 Å². The SMILES string of the molecule is CCn1c(=O)sc2cc(NC(=O)C(C)SCc3ccccc3)ccc21. The highest BCUT2D eigenvalue weighted by molar-refractivity contribution is 7.99. The molecule has 0 saturated carbocycles. The zero-order valence-electron chi connectivity index (χ0n) is 14.2. The Morgan fingerprint density at radius 2 is 2.00 bits per heavy atom. The van der Waals surface area contributed by atoms with Crippen LogP contribution in [0, 0.1) is 0 Å². The quantitative estimate of drug-likeness (QED) is 0.700. The maximum Gasteiger partial charge on any atom is 0.308 e. The summed E-state index contributed by atoms with van der Waals surface area (Å²) in [5.74, 6) is 0.776. The lowest BCUT2D eigenvalue weighted by molar-refractivity contribution is -0.115. The lowest BCUT2D eigenvalue weighted by atomic mass is 10.2. The van der Waals surface area contributed by atoms with Crippen molar-refractivity contribution in [3.8, 4) is 0 Å². The summed E-state index contributed by atoms with van der Waals surface area (Å²) in [6.07, 6.45) is 0. The fraction of sp³-hybridized carbons (Fsp3) is 0.263. The minimum Gasteiger partial charge on any atom is -0.325 e. The van der Waals surface area contributed by atoms with Crippen molar-refractivity contribution in [1.82, 2.24) is 4.57 Å². The number of nitrogens with one attached hydrogen (secondary N) is 1. The van der Waals surface area contributed by atoms with E-state index < -0.39 is 0 Å². The number of nitrogens with zero attached hydrogens (tertiary/aromatic N) is 1. The number of anilines is 1. The zero-order chi connectivity index (χ0) is 17.8. The van der Waals surface area contributed by atoms with Crippen molar-refractivity contribution in [2.24, 2.45) is 0 Å². The predicted octanol–water partition coefficient (Wildman–Crippen LogP) is 4.34. The summed E-state index contributed by atoms with van der Waals surface area (Å²) in [6, 6.07) is 15.7. The van der Waals surface area contributed by atoms with Gasteiger partial charge < -0.3 is 5.32 Å². The summed E-state index contributed by atoms with van der Waals surface area (Å²) in [6.45, 7) is 4.51. The molecule has 1 heterocycles. The first kappa shape index (κ1) is 17.8. The van der Waals surface area contributed by atoms with Gasteiger partial charge >= 0.3 is 4.87 Å². The van der Waals surface area contributed by atoms with Crippen LogP contribution in [-0.4, -0.2) is 15.7 Å². The van der Waals surface area contributed by atoms with Crippen LogP contribution in [0.15, 0.2) is 53.3 Å². The number of carbonyl (C=O) groups is 1. The first-order valence-electron chi connectivity index (χ1n) is 8.18. The van der Waals surface area contributed by atoms with Crippen LogP contribution < -0.4 is 10.2 Å². The summed E-state index contributed by atoms with van der Waals surface area (Å²) in [5.41, 5.74) is 2.86. The van der Waals surface area contributed by atoms with Crippen LogP contribution in [0.1, 0.15) is 19.4 Å². The standard InChI is InChI=1S/C19H20N2O2S2/c1-3-21-16-10-9-15(11-17(16)25-19(21)23)20-18(22)13(2)24-12-14-7-5-4-6-8-14/h4-11,13H,3,12H2,1-2H3,(H,20,22). The molecular weight excluding hydrogens is 352 g/mol. The van der Waals surface area contributed by atoms with Gasteiger partial charge in [0.2, 0.25) is 5.91 Å². The van der Waals surface area contributed by atoms with Crippen molar-refractivity contribution >= 4 is 44.9 Å². The summed E-state index contributed by atoms with van der Waals surface area (Å²) in [5, 5.41) is 2.79. The van der Waals surface area contributed by atoms with Crippen molar-refractivity contribution in [2.45, 2.75) is 31.4 Å². The van der Waals surface area contributed by atoms with Crippen LogP contribution in [0.5, 0.6) is 0 Å². The molecule has 1 N–H and O–H groups in total. The molecule has 0 aliphatic carbocycles. The van der Waals surface area contributed by atoms with Crippen molar-refractivity contribution in [3.63, 3.8) is 0 Å². The Kier molecular flexibility index (Phi) is 5.60. The molecular formula is C19H20N2O2S2. The average molecular weight is 373 g/mol. The second kappa shape index (κ2) is 7.89. The molecule has 0 aliphatic heterocycles. The van der Waals surface area contributed by atoms with Gasteiger partial charge in [-0.05, 0) is 37.6 Å². The van der Waals surface area contributed by atoms with E-state index in [1.54, 1.807) is 16.3 Å². The molecule has 3 rings (SSSR count). The lowest BCUT2D eigenvalue weighted by Gasteiger charge is -2.12. The van der Waals surface area contributed by atoms with Crippen molar-refractivity contribution in [2.75, 3.05) is 5.32 Å². The lowest BCUT2D eigenvalue weighted by Crippen LogP contribution is -2.22. The third kappa shape index (κ3) is 4.14. The second-order valence-corrected chi connectivity index (χ2v) is 8.05. The van der Waals surface area contributed by atoms with E-state index in [4.69, 9.17) is 0 Å². The molecule has 1 amide bonds. The van der Waals surface area contributed by atoms with Gasteiger partial charge in [0.15, 0.2) is 0 Å². The highest BCUT2D eigenvalue weighted by Gasteiger charge is 2.14. The van der Waals surface area contributed by atoms with Crippen LogP contribution in [-0.2, 0) is 17.1 Å². The van der Waals surface area contributed by atoms with Gasteiger partial charge in [-0.25, -0.2) is 0 Å². The van der Waals surface area contributed by atoms with Crippen LogP contribution >= 0.6 is 23.1 Å². The number of thiazole rings is 1. The van der Waals surface area contributed by atoms with Crippen molar-refractivity contribution < 1.29 is 4.79 Å². The van der Waals surface area contributed by atoms with Gasteiger partial charge in [-0.2, -0.15) is 0 Å². The van der Waals surface area contributed by atoms with E-state index in [0.717, 1.165) is 21.7 Å². The Bertz CT molecular complexity index is 931. The number of amides is 1. The summed E-state index contributed by atoms with van der Waals surface area (Å²) < 4.78 is 2.64. The van der Waals surface area contributed by atoms with Gasteiger partial charge in [0, 0.05) is 18.0 Å². The van der Waals surface area contributed by atoms with Crippen molar-refractivity contribution in [3.05, 3.63) is 63.8 Å². The fourth-order valence-corrected chi connectivity index (χ4v) is 4.40. The fourth-order valence-electron chi connectivity index (χ4n) is 2.56. The Hall–Kier alpha value is -2.05. The Morgan fingerprint density at radius 1 is 1.24 bits per heavy atom. The number of hydrogen-bond acceptors (Lipinski definition) is 4. The van der Waals surface area contributed by atoms with Gasteiger partial charge in [-0.3, -0.25) is 14.2 Å². The normalized spacial score (nSPS) is 12.2. The molecule has 1 unspecified atom stereocenters. The molecule has 0 fully saturated rings. The second-order valence-electron chi connectivity index (χ2n) is 5.72. The Balaban J connectivity index is 1.65. The van der Waals surface area contributed by atoms with E-state index in [1.807, 2.05) is 50.2 Å². The Morgan fingerprint density at radius 3 is 2.72 bits per heavy atom. The summed E-state index contributed by atoms with van der Waals surface area (Å²) >= 11 is 2.82. The van der Waals surface area contributed by atoms with E-state index in [-0.39, 0.29) is 16.0 Å². The first-order valence-corrected chi connectivity index (χ1v) is 10.0. The molecule has 25 heavy (non-hydrogen) atoms. The molecule has 4 nitrogen and oxygen atoms in total. The molecule has 0 aliphatic rings. The molecule has 0 radical (unpaired) electrons. The number of fused-ring (bicyclic) bond motifs is 1. The summed E-state index contributed by atoms with van der Waals surface area (Å²) in [7, 11) is 0. The molecule has 1 atom stereocenters. The first-order chi connectivity index (χ1) is 12.1. The van der Waals surface area contributed by atoms with E-state index in [9.17, 15) is 9.59 Å². The maximum absolute atomic E-state index is 12.4. The molecule has 130 valence electrons. The maximum atomic E-state index is 12.4. The zero-order valence-corrected chi connectivity index (χ0v) is 15.8. The van der Waals surface area contributed by atoms with E-state index in [0.29, 0.717) is 6.54 Å². The minimum atomic E-state index is -0.158. The van der Waals surface area contributed by atoms with Gasteiger partial charge in [0.25, 0.3) is 0 Å². The molecule has 0 spiro atoms. The smallest absolute Gasteiger partial charge is 0.308 e. The average Bonchev–Trinajstić information content (AvgIpc) is 2.94. The number of rotatable bonds is 6. The van der Waals surface area contributed by atoms with E-state index in [2.05, 4.69) is 17.4 Å². The minimum absolute atomic E-state index is 0.0254. The number of benzene rings is 2. The van der Waals surface area contributed by atoms with Gasteiger partial charge in [-0.1, -0.05) is 41.7 Å². The van der Waals surface area contributed by atoms with Gasteiger partial charge in [-0.15, -0.1) is 11.8 Å². The molecule has 2 aromatic carbocycles. The highest BCUT2D eigenvalue weighted by Crippen LogP contribution is 2.23. The van der Waals surface area contributed by atoms with Gasteiger partial charge in [0.05, 0.1) is 15.5 Å². The van der Waals surface area contributed by atoms with Crippen molar-refractivity contribution in [1.29, 1.82) is 0 Å². The summed E-state index contributed by atoms with van der Waals surface area (Å²) in [4.78, 5) is 24.4. The highest BCUT2D eigenvalue weighted by atomic mass is 32.2. The number of thioether (sulfide) groups is 1. The third-order valence-electron chi connectivity index (χ3n) is 3.96. The van der Waals surface area contributed by atoms with Crippen LogP contribution in [0.3, 0.4) is 0 Å². The largest absolute Gasteiger partial charge is 0.325 e.